The average molecular weight is 198 g/mol. The Hall–Kier alpha value is -1.26. The molecule has 0 aromatic heterocycles. The topological polar surface area (TPSA) is 91.0 Å². The first-order chi connectivity index (χ1) is 6.68. The molecule has 0 aliphatic heterocycles. The van der Waals surface area contributed by atoms with E-state index in [1.165, 1.54) is 6.42 Å². The maximum absolute atomic E-state index is 11.2. The molecular formula is C9H18N4O. The van der Waals surface area contributed by atoms with Crippen molar-refractivity contribution in [3.63, 3.8) is 0 Å². The minimum Gasteiger partial charge on any atom is -0.388 e. The number of rotatable bonds is 5. The third kappa shape index (κ3) is 4.11. The highest BCUT2D eigenvalue weighted by atomic mass is 16.2. The maximum atomic E-state index is 11.2. The van der Waals surface area contributed by atoms with E-state index in [0.29, 0.717) is 19.0 Å². The van der Waals surface area contributed by atoms with Crippen LogP contribution in [0.2, 0.25) is 0 Å². The normalized spacial score (nSPS) is 15.7. The fraction of sp³-hybridized carbons (Fsp3) is 0.778. The standard InChI is InChI=1S/C9H18N4O/c10-8(11)5-2-6-12-9(14)13-7-3-1-4-7/h7H,1-6H2,(H3,10,11)(H2,12,13,14). The summed E-state index contributed by atoms with van der Waals surface area (Å²) in [5.74, 6) is 0.172. The summed E-state index contributed by atoms with van der Waals surface area (Å²) in [5.41, 5.74) is 5.18. The van der Waals surface area contributed by atoms with E-state index in [9.17, 15) is 4.79 Å². The van der Waals surface area contributed by atoms with Crippen LogP contribution in [0.5, 0.6) is 0 Å². The molecule has 1 rings (SSSR count). The fourth-order valence-corrected chi connectivity index (χ4v) is 1.27. The number of amides is 2. The van der Waals surface area contributed by atoms with E-state index in [2.05, 4.69) is 10.6 Å². The number of carbonyl (C=O) groups excluding carboxylic acids is 1. The Morgan fingerprint density at radius 1 is 1.50 bits per heavy atom. The molecule has 5 nitrogen and oxygen atoms in total. The van der Waals surface area contributed by atoms with Crippen molar-refractivity contribution in [3.05, 3.63) is 0 Å². The minimum atomic E-state index is -0.0988. The van der Waals surface area contributed by atoms with Crippen molar-refractivity contribution in [2.75, 3.05) is 6.54 Å². The first-order valence-electron chi connectivity index (χ1n) is 5.06. The van der Waals surface area contributed by atoms with Gasteiger partial charge < -0.3 is 16.4 Å². The second kappa shape index (κ2) is 5.47. The van der Waals surface area contributed by atoms with Gasteiger partial charge in [-0.25, -0.2) is 4.79 Å². The van der Waals surface area contributed by atoms with Gasteiger partial charge in [-0.05, 0) is 25.7 Å². The molecule has 0 unspecified atom stereocenters. The Morgan fingerprint density at radius 2 is 2.21 bits per heavy atom. The number of nitrogens with two attached hydrogens (primary N) is 1. The van der Waals surface area contributed by atoms with Crippen LogP contribution in [0.3, 0.4) is 0 Å². The third-order valence-electron chi connectivity index (χ3n) is 2.35. The molecule has 1 aliphatic rings. The van der Waals surface area contributed by atoms with Gasteiger partial charge in [0.25, 0.3) is 0 Å². The molecule has 5 heteroatoms. The maximum Gasteiger partial charge on any atom is 0.315 e. The van der Waals surface area contributed by atoms with Crippen LogP contribution in [-0.2, 0) is 0 Å². The SMILES string of the molecule is N=C(N)CCCNC(=O)NC1CCC1. The molecule has 0 radical (unpaired) electrons. The van der Waals surface area contributed by atoms with Crippen LogP contribution >= 0.6 is 0 Å². The number of amidine groups is 1. The summed E-state index contributed by atoms with van der Waals surface area (Å²) in [4.78, 5) is 11.2. The van der Waals surface area contributed by atoms with E-state index in [4.69, 9.17) is 11.1 Å². The molecule has 1 saturated carbocycles. The Labute approximate surface area is 83.9 Å². The van der Waals surface area contributed by atoms with Crippen molar-refractivity contribution < 1.29 is 4.79 Å². The second-order valence-electron chi connectivity index (χ2n) is 3.66. The lowest BCUT2D eigenvalue weighted by molar-refractivity contribution is 0.228. The van der Waals surface area contributed by atoms with Crippen LogP contribution in [0.25, 0.3) is 0 Å². The van der Waals surface area contributed by atoms with Gasteiger partial charge in [0.15, 0.2) is 0 Å². The summed E-state index contributed by atoms with van der Waals surface area (Å²) in [6.45, 7) is 0.581. The van der Waals surface area contributed by atoms with Crippen LogP contribution in [0, 0.1) is 5.41 Å². The minimum absolute atomic E-state index is 0.0988. The third-order valence-corrected chi connectivity index (χ3v) is 2.35. The fourth-order valence-electron chi connectivity index (χ4n) is 1.27. The molecule has 1 fully saturated rings. The number of hydrogen-bond donors (Lipinski definition) is 4. The molecular weight excluding hydrogens is 180 g/mol. The second-order valence-corrected chi connectivity index (χ2v) is 3.66. The molecule has 80 valence electrons. The van der Waals surface area contributed by atoms with Crippen LogP contribution in [-0.4, -0.2) is 24.5 Å². The first-order valence-corrected chi connectivity index (χ1v) is 5.06. The number of urea groups is 1. The molecule has 0 saturated heterocycles. The van der Waals surface area contributed by atoms with E-state index in [-0.39, 0.29) is 11.9 Å². The molecule has 2 amide bonds. The lowest BCUT2D eigenvalue weighted by atomic mass is 9.93. The monoisotopic (exact) mass is 198 g/mol. The summed E-state index contributed by atoms with van der Waals surface area (Å²) in [7, 11) is 0. The smallest absolute Gasteiger partial charge is 0.315 e. The zero-order valence-corrected chi connectivity index (χ0v) is 8.31. The summed E-state index contributed by atoms with van der Waals surface area (Å²) in [6.07, 6.45) is 4.69. The zero-order chi connectivity index (χ0) is 10.4. The zero-order valence-electron chi connectivity index (χ0n) is 8.31. The number of carbonyl (C=O) groups is 1. The first kappa shape index (κ1) is 10.8. The molecule has 0 aromatic carbocycles. The van der Waals surface area contributed by atoms with Crippen molar-refractivity contribution >= 4 is 11.9 Å². The molecule has 1 aliphatic carbocycles. The van der Waals surface area contributed by atoms with Crippen molar-refractivity contribution in [2.24, 2.45) is 5.73 Å². The Morgan fingerprint density at radius 3 is 2.71 bits per heavy atom. The van der Waals surface area contributed by atoms with Gasteiger partial charge >= 0.3 is 6.03 Å². The molecule has 5 N–H and O–H groups in total. The van der Waals surface area contributed by atoms with Crippen molar-refractivity contribution in [2.45, 2.75) is 38.1 Å². The van der Waals surface area contributed by atoms with Crippen LogP contribution in [0.4, 0.5) is 4.79 Å². The largest absolute Gasteiger partial charge is 0.388 e. The molecule has 14 heavy (non-hydrogen) atoms. The van der Waals surface area contributed by atoms with Crippen molar-refractivity contribution in [1.82, 2.24) is 10.6 Å². The molecule has 0 atom stereocenters. The summed E-state index contributed by atoms with van der Waals surface area (Å²) in [6, 6.07) is 0.279. The number of nitrogens with one attached hydrogen (secondary N) is 3. The quantitative estimate of drug-likeness (QED) is 0.295. The average Bonchev–Trinajstić information content (AvgIpc) is 2.05. The van der Waals surface area contributed by atoms with Crippen LogP contribution < -0.4 is 16.4 Å². The Bertz CT molecular complexity index is 213. The molecule has 0 heterocycles. The predicted molar refractivity (Wildman–Crippen MR) is 55.3 cm³/mol. The Balaban J connectivity index is 1.94. The summed E-state index contributed by atoms with van der Waals surface area (Å²) < 4.78 is 0. The van der Waals surface area contributed by atoms with E-state index >= 15 is 0 Å². The van der Waals surface area contributed by atoms with Gasteiger partial charge in [0.05, 0.1) is 5.84 Å². The highest BCUT2D eigenvalue weighted by Gasteiger charge is 2.18. The molecule has 0 bridgehead atoms. The van der Waals surface area contributed by atoms with Gasteiger partial charge in [-0.2, -0.15) is 0 Å². The predicted octanol–water partition coefficient (Wildman–Crippen LogP) is 0.554. The van der Waals surface area contributed by atoms with Crippen molar-refractivity contribution in [3.8, 4) is 0 Å². The lowest BCUT2D eigenvalue weighted by Gasteiger charge is -2.26. The van der Waals surface area contributed by atoms with E-state index < -0.39 is 0 Å². The highest BCUT2D eigenvalue weighted by Crippen LogP contribution is 2.17. The van der Waals surface area contributed by atoms with E-state index in [1.54, 1.807) is 0 Å². The van der Waals surface area contributed by atoms with Crippen molar-refractivity contribution in [1.29, 1.82) is 5.41 Å². The van der Waals surface area contributed by atoms with Gasteiger partial charge in [0.1, 0.15) is 0 Å². The van der Waals surface area contributed by atoms with Gasteiger partial charge in [-0.1, -0.05) is 0 Å². The van der Waals surface area contributed by atoms with E-state index in [0.717, 1.165) is 19.3 Å². The molecule has 0 aromatic rings. The lowest BCUT2D eigenvalue weighted by Crippen LogP contribution is -2.45. The summed E-state index contributed by atoms with van der Waals surface area (Å²) >= 11 is 0. The van der Waals surface area contributed by atoms with Gasteiger partial charge in [0, 0.05) is 19.0 Å². The van der Waals surface area contributed by atoms with Gasteiger partial charge in [-0.3, -0.25) is 5.41 Å². The summed E-state index contributed by atoms with van der Waals surface area (Å²) in [5, 5.41) is 12.6. The number of hydrogen-bond acceptors (Lipinski definition) is 2. The highest BCUT2D eigenvalue weighted by molar-refractivity contribution is 5.77. The van der Waals surface area contributed by atoms with Gasteiger partial charge in [-0.15, -0.1) is 0 Å². The van der Waals surface area contributed by atoms with Crippen LogP contribution in [0.15, 0.2) is 0 Å². The van der Waals surface area contributed by atoms with Gasteiger partial charge in [0.2, 0.25) is 0 Å². The van der Waals surface area contributed by atoms with E-state index in [1.807, 2.05) is 0 Å². The molecule has 0 spiro atoms. The Kier molecular flexibility index (Phi) is 4.22. The van der Waals surface area contributed by atoms with Crippen LogP contribution in [0.1, 0.15) is 32.1 Å².